The maximum atomic E-state index is 11.9. The Balaban J connectivity index is 2.64. The molecule has 1 heterocycles. The van der Waals surface area contributed by atoms with Crippen LogP contribution >= 0.6 is 0 Å². The molecule has 80 valence electrons. The van der Waals surface area contributed by atoms with Crippen LogP contribution in [0.3, 0.4) is 0 Å². The zero-order valence-corrected chi connectivity index (χ0v) is 9.04. The number of sulfone groups is 1. The Kier molecular flexibility index (Phi) is 2.38. The molecule has 5 heteroatoms. The molecule has 0 unspecified atom stereocenters. The van der Waals surface area contributed by atoms with Crippen molar-refractivity contribution in [2.75, 3.05) is 6.61 Å². The van der Waals surface area contributed by atoms with Gasteiger partial charge in [-0.1, -0.05) is 12.1 Å². The van der Waals surface area contributed by atoms with Crippen molar-refractivity contribution in [3.63, 3.8) is 0 Å². The molecule has 2 N–H and O–H groups in total. The standard InChI is InChI=1S/C10H11NO3S/c1-7-3-2-4-10-9(7)5-8(6-14-11)15(10,12)13/h2-5H,6,11H2,1H3. The molecule has 0 amide bonds. The van der Waals surface area contributed by atoms with E-state index in [1.54, 1.807) is 18.2 Å². The first-order valence-electron chi connectivity index (χ1n) is 4.44. The Labute approximate surface area is 88.2 Å². The normalized spacial score (nSPS) is 17.3. The van der Waals surface area contributed by atoms with Crippen molar-refractivity contribution in [2.45, 2.75) is 11.8 Å². The molecule has 0 atom stereocenters. The first-order chi connectivity index (χ1) is 7.07. The largest absolute Gasteiger partial charge is 0.299 e. The second-order valence-corrected chi connectivity index (χ2v) is 5.38. The highest BCUT2D eigenvalue weighted by Crippen LogP contribution is 2.34. The Morgan fingerprint density at radius 2 is 2.13 bits per heavy atom. The highest BCUT2D eigenvalue weighted by atomic mass is 32.2. The Morgan fingerprint density at radius 3 is 2.73 bits per heavy atom. The number of hydrogen-bond donors (Lipinski definition) is 1. The molecule has 2 rings (SSSR count). The van der Waals surface area contributed by atoms with Gasteiger partial charge in [0.05, 0.1) is 9.80 Å². The predicted molar refractivity (Wildman–Crippen MR) is 56.5 cm³/mol. The fourth-order valence-corrected chi connectivity index (χ4v) is 3.20. The molecule has 0 spiro atoms. The zero-order chi connectivity index (χ0) is 11.1. The highest BCUT2D eigenvalue weighted by molar-refractivity contribution is 7.95. The highest BCUT2D eigenvalue weighted by Gasteiger charge is 2.29. The van der Waals surface area contributed by atoms with Crippen LogP contribution in [0.15, 0.2) is 28.0 Å². The average molecular weight is 225 g/mol. The van der Waals surface area contributed by atoms with Crippen molar-refractivity contribution in [3.05, 3.63) is 34.2 Å². The van der Waals surface area contributed by atoms with Gasteiger partial charge in [-0.15, -0.1) is 0 Å². The molecular formula is C10H11NO3S. The van der Waals surface area contributed by atoms with Gasteiger partial charge in [0, 0.05) is 0 Å². The minimum Gasteiger partial charge on any atom is -0.299 e. The van der Waals surface area contributed by atoms with Crippen LogP contribution in [0.5, 0.6) is 0 Å². The molecule has 1 aliphatic rings. The maximum absolute atomic E-state index is 11.9. The van der Waals surface area contributed by atoms with Crippen molar-refractivity contribution in [1.82, 2.24) is 0 Å². The van der Waals surface area contributed by atoms with Crippen LogP contribution in [0.1, 0.15) is 11.1 Å². The van der Waals surface area contributed by atoms with E-state index < -0.39 is 9.84 Å². The summed E-state index contributed by atoms with van der Waals surface area (Å²) in [5, 5.41) is 0. The number of nitrogens with two attached hydrogens (primary N) is 1. The van der Waals surface area contributed by atoms with E-state index in [1.165, 1.54) is 0 Å². The number of aryl methyl sites for hydroxylation is 1. The van der Waals surface area contributed by atoms with Gasteiger partial charge in [0.1, 0.15) is 6.61 Å². The van der Waals surface area contributed by atoms with Crippen LogP contribution in [0.2, 0.25) is 0 Å². The molecule has 1 aliphatic heterocycles. The molecular weight excluding hydrogens is 214 g/mol. The monoisotopic (exact) mass is 225 g/mol. The first-order valence-corrected chi connectivity index (χ1v) is 5.92. The van der Waals surface area contributed by atoms with Gasteiger partial charge in [0.25, 0.3) is 0 Å². The first kappa shape index (κ1) is 10.4. The lowest BCUT2D eigenvalue weighted by atomic mass is 10.1. The molecule has 1 aromatic carbocycles. The van der Waals surface area contributed by atoms with E-state index in [2.05, 4.69) is 4.84 Å². The van der Waals surface area contributed by atoms with Crippen LogP contribution in [0.4, 0.5) is 0 Å². The molecule has 0 aromatic heterocycles. The summed E-state index contributed by atoms with van der Waals surface area (Å²) in [7, 11) is -3.37. The minimum absolute atomic E-state index is 0.0869. The summed E-state index contributed by atoms with van der Waals surface area (Å²) in [6, 6.07) is 5.20. The number of rotatable bonds is 2. The molecule has 0 aliphatic carbocycles. The third-order valence-corrected chi connectivity index (χ3v) is 4.31. The molecule has 0 saturated carbocycles. The quantitative estimate of drug-likeness (QED) is 0.763. The number of benzene rings is 1. The summed E-state index contributed by atoms with van der Waals surface area (Å²) in [5.74, 6) is 4.90. The zero-order valence-electron chi connectivity index (χ0n) is 8.23. The third-order valence-electron chi connectivity index (χ3n) is 2.45. The van der Waals surface area contributed by atoms with Crippen molar-refractivity contribution in [1.29, 1.82) is 0 Å². The van der Waals surface area contributed by atoms with Crippen molar-refractivity contribution in [2.24, 2.45) is 5.90 Å². The Hall–Kier alpha value is -1.17. The molecule has 0 saturated heterocycles. The summed E-state index contributed by atoms with van der Waals surface area (Å²) >= 11 is 0. The number of hydrogen-bond acceptors (Lipinski definition) is 4. The fourth-order valence-electron chi connectivity index (χ4n) is 1.65. The van der Waals surface area contributed by atoms with Crippen LogP contribution in [-0.2, 0) is 14.7 Å². The van der Waals surface area contributed by atoms with Crippen LogP contribution in [0.25, 0.3) is 6.08 Å². The lowest BCUT2D eigenvalue weighted by molar-refractivity contribution is 0.166. The van der Waals surface area contributed by atoms with E-state index >= 15 is 0 Å². The third kappa shape index (κ3) is 1.49. The minimum atomic E-state index is -3.37. The number of fused-ring (bicyclic) bond motifs is 1. The second kappa shape index (κ2) is 3.44. The van der Waals surface area contributed by atoms with E-state index in [0.717, 1.165) is 11.1 Å². The van der Waals surface area contributed by atoms with E-state index in [-0.39, 0.29) is 11.5 Å². The van der Waals surface area contributed by atoms with Crippen LogP contribution < -0.4 is 5.90 Å². The van der Waals surface area contributed by atoms with E-state index in [0.29, 0.717) is 4.90 Å². The molecule has 4 nitrogen and oxygen atoms in total. The molecule has 15 heavy (non-hydrogen) atoms. The van der Waals surface area contributed by atoms with Gasteiger partial charge >= 0.3 is 0 Å². The maximum Gasteiger partial charge on any atom is 0.205 e. The summed E-state index contributed by atoms with van der Waals surface area (Å²) < 4.78 is 23.8. The van der Waals surface area contributed by atoms with Crippen LogP contribution in [-0.4, -0.2) is 15.0 Å². The predicted octanol–water partition coefficient (Wildman–Crippen LogP) is 1.01. The van der Waals surface area contributed by atoms with Gasteiger partial charge in [-0.3, -0.25) is 4.84 Å². The summed E-state index contributed by atoms with van der Waals surface area (Å²) in [4.78, 5) is 4.94. The Bertz CT molecular complexity index is 532. The van der Waals surface area contributed by atoms with Gasteiger partial charge in [0.2, 0.25) is 9.84 Å². The van der Waals surface area contributed by atoms with Gasteiger partial charge in [0.15, 0.2) is 0 Å². The smallest absolute Gasteiger partial charge is 0.205 e. The lowest BCUT2D eigenvalue weighted by Crippen LogP contribution is -2.09. The van der Waals surface area contributed by atoms with Crippen molar-refractivity contribution in [3.8, 4) is 0 Å². The average Bonchev–Trinajstić information content (AvgIpc) is 2.43. The fraction of sp³-hybridized carbons (Fsp3) is 0.200. The SMILES string of the molecule is Cc1cccc2c1C=C(CON)S2(=O)=O. The van der Waals surface area contributed by atoms with Crippen molar-refractivity contribution < 1.29 is 13.3 Å². The summed E-state index contributed by atoms with van der Waals surface area (Å²) in [6.07, 6.45) is 1.62. The summed E-state index contributed by atoms with van der Waals surface area (Å²) in [6.45, 7) is 1.79. The van der Waals surface area contributed by atoms with Crippen LogP contribution in [0, 0.1) is 6.92 Å². The lowest BCUT2D eigenvalue weighted by Gasteiger charge is -2.02. The molecule has 0 radical (unpaired) electrons. The Morgan fingerprint density at radius 1 is 1.40 bits per heavy atom. The van der Waals surface area contributed by atoms with E-state index in [9.17, 15) is 8.42 Å². The molecule has 1 aromatic rings. The second-order valence-electron chi connectivity index (χ2n) is 3.41. The topological polar surface area (TPSA) is 69.4 Å². The van der Waals surface area contributed by atoms with Gasteiger partial charge in [-0.25, -0.2) is 14.3 Å². The van der Waals surface area contributed by atoms with E-state index in [1.807, 2.05) is 13.0 Å². The van der Waals surface area contributed by atoms with E-state index in [4.69, 9.17) is 5.90 Å². The van der Waals surface area contributed by atoms with Gasteiger partial charge < -0.3 is 0 Å². The molecule has 0 fully saturated rings. The summed E-state index contributed by atoms with van der Waals surface area (Å²) in [5.41, 5.74) is 1.67. The van der Waals surface area contributed by atoms with Gasteiger partial charge in [-0.05, 0) is 30.2 Å². The molecule has 0 bridgehead atoms. The van der Waals surface area contributed by atoms with Gasteiger partial charge in [-0.2, -0.15) is 0 Å². The van der Waals surface area contributed by atoms with Crippen molar-refractivity contribution >= 4 is 15.9 Å².